The minimum atomic E-state index is 0.739. The molecular weight excluding hydrogens is 341 g/mol. The minimum Gasteiger partial charge on any atom is -0.481 e. The van der Waals surface area contributed by atoms with E-state index in [2.05, 4.69) is 57.3 Å². The second-order valence-electron chi connectivity index (χ2n) is 4.03. The molecular formula is C13H16IN3O. The van der Waals surface area contributed by atoms with Crippen LogP contribution in [0.1, 0.15) is 11.3 Å². The van der Waals surface area contributed by atoms with E-state index in [1.165, 1.54) is 9.13 Å². The maximum Gasteiger partial charge on any atom is 0.211 e. The molecule has 1 aromatic heterocycles. The van der Waals surface area contributed by atoms with Gasteiger partial charge in [0.05, 0.1) is 12.8 Å². The van der Waals surface area contributed by atoms with E-state index in [0.29, 0.717) is 0 Å². The van der Waals surface area contributed by atoms with Crippen molar-refractivity contribution in [3.05, 3.63) is 45.2 Å². The normalized spacial score (nSPS) is 10.6. The summed E-state index contributed by atoms with van der Waals surface area (Å²) in [6.45, 7) is 1.58. The van der Waals surface area contributed by atoms with E-state index in [-0.39, 0.29) is 0 Å². The maximum absolute atomic E-state index is 5.18. The average molecular weight is 357 g/mol. The smallest absolute Gasteiger partial charge is 0.211 e. The van der Waals surface area contributed by atoms with Crippen LogP contribution in [0.15, 0.2) is 30.3 Å². The molecule has 0 aliphatic rings. The van der Waals surface area contributed by atoms with Crippen LogP contribution in [0.3, 0.4) is 0 Å². The highest BCUT2D eigenvalue weighted by Gasteiger charge is 2.04. The van der Waals surface area contributed by atoms with Crippen molar-refractivity contribution >= 4 is 22.6 Å². The van der Waals surface area contributed by atoms with E-state index in [1.54, 1.807) is 11.8 Å². The number of nitrogens with zero attached hydrogens (tertiary/aromatic N) is 2. The molecule has 5 heteroatoms. The Morgan fingerprint density at radius 1 is 1.28 bits per heavy atom. The Morgan fingerprint density at radius 3 is 2.61 bits per heavy atom. The van der Waals surface area contributed by atoms with E-state index in [4.69, 9.17) is 4.74 Å². The predicted octanol–water partition coefficient (Wildman–Crippen LogP) is 2.32. The van der Waals surface area contributed by atoms with Gasteiger partial charge >= 0.3 is 0 Å². The van der Waals surface area contributed by atoms with Crippen molar-refractivity contribution in [2.24, 2.45) is 7.05 Å². The lowest BCUT2D eigenvalue weighted by atomic mass is 10.2. The van der Waals surface area contributed by atoms with Gasteiger partial charge in [-0.15, -0.1) is 0 Å². The zero-order valence-electron chi connectivity index (χ0n) is 10.5. The van der Waals surface area contributed by atoms with Gasteiger partial charge in [-0.2, -0.15) is 5.10 Å². The molecule has 0 aliphatic carbocycles. The molecule has 0 bridgehead atoms. The molecule has 0 spiro atoms. The molecule has 0 saturated heterocycles. The summed E-state index contributed by atoms with van der Waals surface area (Å²) in [7, 11) is 3.53. The van der Waals surface area contributed by atoms with E-state index in [1.807, 2.05) is 13.1 Å². The first-order valence-electron chi connectivity index (χ1n) is 5.71. The molecule has 0 unspecified atom stereocenters. The number of hydrogen-bond donors (Lipinski definition) is 1. The molecule has 0 fully saturated rings. The standard InChI is InChI=1S/C13H16IN3O/c1-17-13(18-2)7-12(16-17)9-15-8-10-3-5-11(14)6-4-10/h3-7,15H,8-9H2,1-2H3. The van der Waals surface area contributed by atoms with Crippen molar-refractivity contribution in [3.63, 3.8) is 0 Å². The third kappa shape index (κ3) is 3.46. The number of benzene rings is 1. The topological polar surface area (TPSA) is 39.1 Å². The van der Waals surface area contributed by atoms with Gasteiger partial charge in [0.15, 0.2) is 0 Å². The Morgan fingerprint density at radius 2 is 2.00 bits per heavy atom. The van der Waals surface area contributed by atoms with Gasteiger partial charge < -0.3 is 10.1 Å². The second-order valence-corrected chi connectivity index (χ2v) is 5.28. The van der Waals surface area contributed by atoms with E-state index in [0.717, 1.165) is 24.7 Å². The first kappa shape index (κ1) is 13.4. The molecule has 2 rings (SSSR count). The maximum atomic E-state index is 5.18. The lowest BCUT2D eigenvalue weighted by molar-refractivity contribution is 0.373. The molecule has 0 radical (unpaired) electrons. The van der Waals surface area contributed by atoms with Crippen LogP contribution >= 0.6 is 22.6 Å². The van der Waals surface area contributed by atoms with Crippen LogP contribution in [0.2, 0.25) is 0 Å². The van der Waals surface area contributed by atoms with Crippen molar-refractivity contribution in [3.8, 4) is 5.88 Å². The quantitative estimate of drug-likeness (QED) is 0.835. The van der Waals surface area contributed by atoms with Gasteiger partial charge in [-0.3, -0.25) is 0 Å². The van der Waals surface area contributed by atoms with Crippen LogP contribution < -0.4 is 10.1 Å². The third-order valence-corrected chi connectivity index (χ3v) is 3.36. The Bertz CT molecular complexity index is 507. The lowest BCUT2D eigenvalue weighted by Crippen LogP contribution is -2.13. The highest BCUT2D eigenvalue weighted by Crippen LogP contribution is 2.11. The lowest BCUT2D eigenvalue weighted by Gasteiger charge is -2.02. The van der Waals surface area contributed by atoms with E-state index >= 15 is 0 Å². The fourth-order valence-corrected chi connectivity index (χ4v) is 2.08. The molecule has 96 valence electrons. The number of rotatable bonds is 5. The molecule has 1 N–H and O–H groups in total. The highest BCUT2D eigenvalue weighted by molar-refractivity contribution is 14.1. The first-order valence-corrected chi connectivity index (χ1v) is 6.79. The minimum absolute atomic E-state index is 0.739. The molecule has 4 nitrogen and oxygen atoms in total. The monoisotopic (exact) mass is 357 g/mol. The molecule has 1 heterocycles. The summed E-state index contributed by atoms with van der Waals surface area (Å²) in [5.74, 6) is 0.779. The largest absolute Gasteiger partial charge is 0.481 e. The van der Waals surface area contributed by atoms with Gasteiger partial charge in [0, 0.05) is 29.8 Å². The summed E-state index contributed by atoms with van der Waals surface area (Å²) < 4.78 is 8.17. The number of aryl methyl sites for hydroxylation is 1. The fraction of sp³-hybridized carbons (Fsp3) is 0.308. The van der Waals surface area contributed by atoms with Crippen molar-refractivity contribution < 1.29 is 4.74 Å². The van der Waals surface area contributed by atoms with Gasteiger partial charge in [-0.25, -0.2) is 4.68 Å². The zero-order valence-corrected chi connectivity index (χ0v) is 12.6. The van der Waals surface area contributed by atoms with Crippen molar-refractivity contribution in [1.82, 2.24) is 15.1 Å². The summed E-state index contributed by atoms with van der Waals surface area (Å²) in [4.78, 5) is 0. The summed E-state index contributed by atoms with van der Waals surface area (Å²) >= 11 is 2.31. The number of ether oxygens (including phenoxy) is 1. The van der Waals surface area contributed by atoms with Gasteiger partial charge in [0.1, 0.15) is 0 Å². The van der Waals surface area contributed by atoms with Crippen LogP contribution in [0.5, 0.6) is 5.88 Å². The number of halogens is 1. The number of aromatic nitrogens is 2. The number of methoxy groups -OCH3 is 1. The Kier molecular flexibility index (Phi) is 4.60. The Hall–Kier alpha value is -1.08. The number of hydrogen-bond acceptors (Lipinski definition) is 3. The summed E-state index contributed by atoms with van der Waals surface area (Å²) in [6, 6.07) is 10.4. The van der Waals surface area contributed by atoms with Gasteiger partial charge in [-0.1, -0.05) is 12.1 Å². The average Bonchev–Trinajstić information content (AvgIpc) is 2.72. The zero-order chi connectivity index (χ0) is 13.0. The fourth-order valence-electron chi connectivity index (χ4n) is 1.72. The van der Waals surface area contributed by atoms with Crippen molar-refractivity contribution in [2.75, 3.05) is 7.11 Å². The third-order valence-electron chi connectivity index (χ3n) is 2.65. The SMILES string of the molecule is COc1cc(CNCc2ccc(I)cc2)nn1C. The Balaban J connectivity index is 1.86. The van der Waals surface area contributed by atoms with Crippen LogP contribution in [0.25, 0.3) is 0 Å². The van der Waals surface area contributed by atoms with Crippen LogP contribution in [0, 0.1) is 3.57 Å². The van der Waals surface area contributed by atoms with Crippen LogP contribution in [0.4, 0.5) is 0 Å². The molecule has 0 amide bonds. The van der Waals surface area contributed by atoms with E-state index in [9.17, 15) is 0 Å². The molecule has 2 aromatic rings. The van der Waals surface area contributed by atoms with Crippen LogP contribution in [-0.2, 0) is 20.1 Å². The molecule has 0 atom stereocenters. The predicted molar refractivity (Wildman–Crippen MR) is 79.5 cm³/mol. The van der Waals surface area contributed by atoms with Crippen molar-refractivity contribution in [2.45, 2.75) is 13.1 Å². The summed E-state index contributed by atoms with van der Waals surface area (Å²) in [5, 5.41) is 7.72. The van der Waals surface area contributed by atoms with E-state index < -0.39 is 0 Å². The molecule has 18 heavy (non-hydrogen) atoms. The summed E-state index contributed by atoms with van der Waals surface area (Å²) in [6.07, 6.45) is 0. The number of nitrogens with one attached hydrogen (secondary N) is 1. The highest BCUT2D eigenvalue weighted by atomic mass is 127. The van der Waals surface area contributed by atoms with Crippen LogP contribution in [-0.4, -0.2) is 16.9 Å². The van der Waals surface area contributed by atoms with Gasteiger partial charge in [-0.05, 0) is 40.3 Å². The second kappa shape index (κ2) is 6.19. The Labute approximate surface area is 120 Å². The first-order chi connectivity index (χ1) is 8.69. The molecule has 0 aliphatic heterocycles. The van der Waals surface area contributed by atoms with Crippen molar-refractivity contribution in [1.29, 1.82) is 0 Å². The van der Waals surface area contributed by atoms with Gasteiger partial charge in [0.2, 0.25) is 5.88 Å². The molecule has 0 saturated carbocycles. The van der Waals surface area contributed by atoms with Gasteiger partial charge in [0.25, 0.3) is 0 Å². The summed E-state index contributed by atoms with van der Waals surface area (Å²) in [5.41, 5.74) is 2.26. The molecule has 1 aromatic carbocycles.